The maximum Gasteiger partial charge on any atom is 0.269 e. The highest BCUT2D eigenvalue weighted by molar-refractivity contribution is 6.98. The number of nitrogens with zero attached hydrogens (tertiary/aromatic N) is 4. The molecule has 0 fully saturated rings. The van der Waals surface area contributed by atoms with Crippen LogP contribution >= 0.6 is 0 Å². The summed E-state index contributed by atoms with van der Waals surface area (Å²) in [6.07, 6.45) is 5.83. The Kier molecular flexibility index (Phi) is 12.5. The van der Waals surface area contributed by atoms with Gasteiger partial charge in [-0.15, -0.1) is 0 Å². The van der Waals surface area contributed by atoms with E-state index in [2.05, 4.69) is 299 Å². The van der Waals surface area contributed by atoms with E-state index < -0.39 is 0 Å². The van der Waals surface area contributed by atoms with Crippen LogP contribution in [0.4, 0.5) is 0 Å². The Morgan fingerprint density at radius 2 is 0.870 bits per heavy atom. The second-order valence-electron chi connectivity index (χ2n) is 23.6. The molecule has 0 spiro atoms. The van der Waals surface area contributed by atoms with Crippen LogP contribution in [0.15, 0.2) is 322 Å². The van der Waals surface area contributed by atoms with Gasteiger partial charge in [-0.3, -0.25) is 13.7 Å². The minimum absolute atomic E-state index is 0.0594. The number of aromatic nitrogens is 4. The normalized spacial score (nSPS) is 12.1. The largest absolute Gasteiger partial charge is 0.458 e. The summed E-state index contributed by atoms with van der Waals surface area (Å²) in [5.41, 5.74) is 23.1. The van der Waals surface area contributed by atoms with E-state index in [1.54, 1.807) is 0 Å². The lowest BCUT2D eigenvalue weighted by molar-refractivity contribution is -0.571. The Balaban J connectivity index is 0.782. The van der Waals surface area contributed by atoms with Crippen molar-refractivity contribution in [3.63, 3.8) is 0 Å². The molecule has 7 nitrogen and oxygen atoms in total. The van der Waals surface area contributed by atoms with Crippen molar-refractivity contribution in [3.8, 4) is 118 Å². The van der Waals surface area contributed by atoms with Gasteiger partial charge in [-0.25, -0.2) is 4.98 Å². The zero-order chi connectivity index (χ0) is 60.6. The van der Waals surface area contributed by atoms with Crippen LogP contribution in [0.25, 0.3) is 117 Å². The van der Waals surface area contributed by atoms with Crippen molar-refractivity contribution in [2.24, 2.45) is 0 Å². The average Bonchev–Trinajstić information content (AvgIpc) is 1.44. The minimum atomic E-state index is -0.0594. The fraction of sp³-hybridized carbons (Fsp3) is 0. The van der Waals surface area contributed by atoms with Crippen LogP contribution in [0.3, 0.4) is 0 Å². The summed E-state index contributed by atoms with van der Waals surface area (Å²) < 4.78 is 27.4. The van der Waals surface area contributed by atoms with Gasteiger partial charge in [0.05, 0.1) is 39.0 Å². The minimum Gasteiger partial charge on any atom is -0.458 e. The van der Waals surface area contributed by atoms with Crippen LogP contribution in [-0.4, -0.2) is 20.8 Å². The maximum atomic E-state index is 6.99. The van der Waals surface area contributed by atoms with Gasteiger partial charge in [0.1, 0.15) is 40.1 Å². The van der Waals surface area contributed by atoms with Crippen LogP contribution in [-0.2, 0) is 0 Å². The Morgan fingerprint density at radius 1 is 0.380 bits per heavy atom. The Morgan fingerprint density at radius 3 is 1.46 bits per heavy atom. The number of hydrogen-bond acceptors (Lipinski definition) is 4. The smallest absolute Gasteiger partial charge is 0.269 e. The standard InChI is InChI=1S/C84H53BN4O3/c1-5-23-55(24-6-1)59-45-60(56-25-7-2-8-26-56)48-63(47-59)69-35-21-36-70(64-49-61(57-27-9-3-10-28-57)46-62(50-64)58-29-11-4-12-30-58)82(69)88-54-87(74-40-15-16-41-75(74)88)65-31-19-33-67(51-65)90-68-34-20-32-66(52-68)89-76-53-79-81-83(80(76)71-37-22-44-86-84(71)89)92-78-43-18-14-39-73(78)85(81)72-38-13-17-42-77(72)91-79/h1-53H. The highest BCUT2D eigenvalue weighted by Crippen LogP contribution is 2.46. The second-order valence-corrected chi connectivity index (χ2v) is 23.6. The number of rotatable bonds is 11. The molecular formula is C84H53BN4O3. The Bertz CT molecular complexity index is 5300. The van der Waals surface area contributed by atoms with E-state index in [9.17, 15) is 0 Å². The molecule has 0 aliphatic carbocycles. The number of fused-ring (bicyclic) bond motifs is 9. The summed E-state index contributed by atoms with van der Waals surface area (Å²) >= 11 is 0. The maximum absolute atomic E-state index is 6.99. The molecule has 2 aliphatic rings. The van der Waals surface area contributed by atoms with Gasteiger partial charge >= 0.3 is 0 Å². The van der Waals surface area contributed by atoms with Crippen LogP contribution in [0.2, 0.25) is 0 Å². The first-order valence-corrected chi connectivity index (χ1v) is 31.1. The zero-order valence-corrected chi connectivity index (χ0v) is 49.7. The fourth-order valence-corrected chi connectivity index (χ4v) is 13.9. The SMILES string of the molecule is [c-]1n(-c2cccc(Oc3cccc(-n4c5cc6c7c(c5c5cccnc54)Oc4ccccc4B7c4ccccc4O6)c3)c2)c2ccccc2[n+]1-c1c(-c2cc(-c3ccccc3)cc(-c3ccccc3)c2)cccc1-c1cc(-c2ccccc2)cc(-c2ccccc2)c1. The zero-order valence-electron chi connectivity index (χ0n) is 49.7. The molecule has 0 N–H and O–H groups in total. The molecule has 0 atom stereocenters. The lowest BCUT2D eigenvalue weighted by Gasteiger charge is -2.33. The molecule has 8 heteroatoms. The topological polar surface area (TPSA) is 54.3 Å². The van der Waals surface area contributed by atoms with Crippen molar-refractivity contribution < 1.29 is 18.8 Å². The predicted molar refractivity (Wildman–Crippen MR) is 373 cm³/mol. The van der Waals surface area contributed by atoms with Crippen molar-refractivity contribution in [3.05, 3.63) is 328 Å². The summed E-state index contributed by atoms with van der Waals surface area (Å²) in [5.74, 6) is 4.55. The first-order valence-electron chi connectivity index (χ1n) is 31.1. The molecule has 3 aromatic heterocycles. The van der Waals surface area contributed by atoms with Gasteiger partial charge in [0.15, 0.2) is 0 Å². The molecule has 0 bridgehead atoms. The summed E-state index contributed by atoms with van der Waals surface area (Å²) in [6.45, 7) is -0.0594. The second kappa shape index (κ2) is 21.8. The number of para-hydroxylation sites is 5. The predicted octanol–water partition coefficient (Wildman–Crippen LogP) is 18.7. The highest BCUT2D eigenvalue weighted by Gasteiger charge is 2.42. The van der Waals surface area contributed by atoms with Crippen LogP contribution < -0.4 is 35.2 Å². The van der Waals surface area contributed by atoms with Gasteiger partial charge in [-0.1, -0.05) is 212 Å². The van der Waals surface area contributed by atoms with Crippen molar-refractivity contribution in [1.82, 2.24) is 14.1 Å². The number of pyridine rings is 1. The van der Waals surface area contributed by atoms with Crippen LogP contribution in [0.5, 0.6) is 34.5 Å². The van der Waals surface area contributed by atoms with Crippen LogP contribution in [0.1, 0.15) is 0 Å². The average molecular weight is 1180 g/mol. The van der Waals surface area contributed by atoms with E-state index in [0.29, 0.717) is 11.5 Å². The van der Waals surface area contributed by atoms with E-state index in [0.717, 1.165) is 156 Å². The molecular weight excluding hydrogens is 1120 g/mol. The molecule has 16 aromatic rings. The van der Waals surface area contributed by atoms with Gasteiger partial charge in [0.25, 0.3) is 13.0 Å². The molecule has 92 heavy (non-hydrogen) atoms. The first-order chi connectivity index (χ1) is 45.6. The molecule has 5 heterocycles. The van der Waals surface area contributed by atoms with Gasteiger partial charge < -0.3 is 14.2 Å². The van der Waals surface area contributed by atoms with Gasteiger partial charge in [-0.05, 0) is 169 Å². The summed E-state index contributed by atoms with van der Waals surface area (Å²) in [5, 5.41) is 1.96. The number of imidazole rings is 1. The molecule has 0 saturated heterocycles. The van der Waals surface area contributed by atoms with Crippen molar-refractivity contribution in [2.45, 2.75) is 0 Å². The third-order valence-corrected chi connectivity index (χ3v) is 18.1. The molecule has 18 rings (SSSR count). The Labute approximate surface area is 532 Å². The van der Waals surface area contributed by atoms with Crippen molar-refractivity contribution in [1.29, 1.82) is 0 Å². The third kappa shape index (κ3) is 8.99. The monoisotopic (exact) mass is 1180 g/mol. The quantitative estimate of drug-likeness (QED) is 0.0736. The molecule has 13 aromatic carbocycles. The van der Waals surface area contributed by atoms with Gasteiger partial charge in [-0.2, -0.15) is 0 Å². The molecule has 2 aliphatic heterocycles. The van der Waals surface area contributed by atoms with E-state index >= 15 is 0 Å². The molecule has 430 valence electrons. The van der Waals surface area contributed by atoms with Crippen LogP contribution in [0, 0.1) is 6.33 Å². The first kappa shape index (κ1) is 52.8. The van der Waals surface area contributed by atoms with Crippen molar-refractivity contribution >= 4 is 56.1 Å². The molecule has 0 amide bonds. The fourth-order valence-electron chi connectivity index (χ4n) is 13.9. The lowest BCUT2D eigenvalue weighted by atomic mass is 9.35. The van der Waals surface area contributed by atoms with E-state index in [4.69, 9.17) is 19.2 Å². The highest BCUT2D eigenvalue weighted by atomic mass is 16.5. The van der Waals surface area contributed by atoms with E-state index in [1.165, 1.54) is 0 Å². The van der Waals surface area contributed by atoms with Gasteiger partial charge in [0, 0.05) is 29.2 Å². The summed E-state index contributed by atoms with van der Waals surface area (Å²) in [6, 6.07) is 112. The van der Waals surface area contributed by atoms with Crippen molar-refractivity contribution in [2.75, 3.05) is 0 Å². The molecule has 0 radical (unpaired) electrons. The van der Waals surface area contributed by atoms with E-state index in [-0.39, 0.29) is 6.71 Å². The summed E-state index contributed by atoms with van der Waals surface area (Å²) in [4.78, 5) is 5.05. The number of hydrogen-bond donors (Lipinski definition) is 0. The van der Waals surface area contributed by atoms with E-state index in [1.807, 2.05) is 42.6 Å². The lowest BCUT2D eigenvalue weighted by Crippen LogP contribution is -2.57. The number of benzene rings is 13. The number of ether oxygens (including phenoxy) is 3. The third-order valence-electron chi connectivity index (χ3n) is 18.1. The molecule has 0 saturated carbocycles. The summed E-state index contributed by atoms with van der Waals surface area (Å²) in [7, 11) is 0. The van der Waals surface area contributed by atoms with Gasteiger partial charge in [0.2, 0.25) is 0 Å². The Hall–Kier alpha value is -12.3. The molecule has 0 unspecified atom stereocenters.